The van der Waals surface area contributed by atoms with Gasteiger partial charge in [-0.25, -0.2) is 18.4 Å². The highest BCUT2D eigenvalue weighted by Gasteiger charge is 2.61. The second-order valence-electron chi connectivity index (χ2n) is 17.4. The van der Waals surface area contributed by atoms with Crippen molar-refractivity contribution < 1.29 is 41.8 Å². The zero-order valence-electron chi connectivity index (χ0n) is 33.0. The van der Waals surface area contributed by atoms with E-state index in [-0.39, 0.29) is 61.4 Å². The van der Waals surface area contributed by atoms with Gasteiger partial charge >= 0.3 is 5.97 Å². The second kappa shape index (κ2) is 16.7. The number of carbonyl (C=O) groups excluding carboxylic acids is 4. The van der Waals surface area contributed by atoms with Crippen LogP contribution < -0.4 is 14.2 Å². The fraction of sp³-hybridized carbons (Fsp3) is 0.674. The van der Waals surface area contributed by atoms with Crippen molar-refractivity contribution in [2.24, 2.45) is 23.2 Å². The van der Waals surface area contributed by atoms with Gasteiger partial charge < -0.3 is 19.1 Å². The molecule has 0 radical (unpaired) electrons. The maximum absolute atomic E-state index is 14.8. The van der Waals surface area contributed by atoms with Crippen LogP contribution in [0.2, 0.25) is 0 Å². The maximum atomic E-state index is 14.8. The topological polar surface area (TPSA) is 171 Å². The number of hydrogen-bond donors (Lipinski definition) is 1. The molecule has 8 rings (SSSR count). The third-order valence-electron chi connectivity index (χ3n) is 13.3. The summed E-state index contributed by atoms with van der Waals surface area (Å²) in [6.45, 7) is 0.0847. The Hall–Kier alpha value is -4.07. The predicted octanol–water partition coefficient (Wildman–Crippen LogP) is 5.92. The highest BCUT2D eigenvalue weighted by molar-refractivity contribution is 7.90. The molecule has 7 atom stereocenters. The van der Waals surface area contributed by atoms with Crippen molar-refractivity contribution in [3.8, 4) is 11.6 Å². The highest BCUT2D eigenvalue weighted by Crippen LogP contribution is 2.57. The zero-order valence-corrected chi connectivity index (χ0v) is 33.8. The van der Waals surface area contributed by atoms with Crippen LogP contribution in [0.25, 0.3) is 11.0 Å². The number of rotatable bonds is 4. The van der Waals surface area contributed by atoms with Crippen LogP contribution in [0.3, 0.4) is 0 Å². The monoisotopic (exact) mass is 804 g/mol. The Bertz CT molecular complexity index is 2020. The summed E-state index contributed by atoms with van der Waals surface area (Å²) < 4.78 is 46.5. The van der Waals surface area contributed by atoms with Gasteiger partial charge in [0.15, 0.2) is 5.78 Å². The van der Waals surface area contributed by atoms with Gasteiger partial charge in [0.05, 0.1) is 47.8 Å². The normalized spacial score (nSPS) is 31.7. The molecule has 0 spiro atoms. The third kappa shape index (κ3) is 8.85. The molecule has 3 saturated carbocycles. The Kier molecular flexibility index (Phi) is 11.6. The summed E-state index contributed by atoms with van der Waals surface area (Å²) in [7, 11) is -2.25. The van der Waals surface area contributed by atoms with Crippen molar-refractivity contribution in [2.45, 2.75) is 145 Å². The molecule has 4 fully saturated rings. The van der Waals surface area contributed by atoms with Gasteiger partial charge in [0, 0.05) is 24.8 Å². The lowest BCUT2D eigenvalue weighted by Gasteiger charge is -2.29. The minimum atomic E-state index is -3.84. The number of methoxy groups -OCH3 is 1. The SMILES string of the molecule is COc1ccc2nc3c(nc2c1)O[C@@H]1C[C@H]2C(=O)C[C@]4(C(=O)NS(=O)(=O)C5CC5)C[C@H]4C=CCCCCC[C@H](CC(=O)O[C@@H]4CCC[C@H]4CCCCC3)C(=O)N2C1. The summed E-state index contributed by atoms with van der Waals surface area (Å²) in [6.07, 6.45) is 15.3. The number of nitrogens with one attached hydrogen (secondary N) is 1. The van der Waals surface area contributed by atoms with Crippen molar-refractivity contribution in [2.75, 3.05) is 13.7 Å². The molecule has 1 aromatic heterocycles. The fourth-order valence-corrected chi connectivity index (χ4v) is 11.1. The van der Waals surface area contributed by atoms with Gasteiger partial charge in [0.25, 0.3) is 0 Å². The minimum absolute atomic E-state index is 0.0690. The molecule has 0 unspecified atom stereocenters. The number of aromatic nitrogens is 2. The van der Waals surface area contributed by atoms with Crippen molar-refractivity contribution in [3.05, 3.63) is 36.0 Å². The van der Waals surface area contributed by atoms with Crippen molar-refractivity contribution in [1.29, 1.82) is 0 Å². The third-order valence-corrected chi connectivity index (χ3v) is 15.1. The second-order valence-corrected chi connectivity index (χ2v) is 19.3. The lowest BCUT2D eigenvalue weighted by atomic mass is 9.90. The van der Waals surface area contributed by atoms with Gasteiger partial charge in [0.1, 0.15) is 23.7 Å². The molecule has 4 heterocycles. The molecule has 2 aromatic rings. The molecule has 3 bridgehead atoms. The van der Waals surface area contributed by atoms with E-state index < -0.39 is 44.7 Å². The van der Waals surface area contributed by atoms with Crippen LogP contribution in [-0.4, -0.2) is 84.0 Å². The summed E-state index contributed by atoms with van der Waals surface area (Å²) in [5.41, 5.74) is 0.792. The number of sulfonamides is 1. The molecule has 57 heavy (non-hydrogen) atoms. The summed E-state index contributed by atoms with van der Waals surface area (Å²) in [6, 6.07) is 4.58. The number of hydrogen-bond acceptors (Lipinski definition) is 11. The van der Waals surface area contributed by atoms with Crippen LogP contribution in [0.15, 0.2) is 30.4 Å². The van der Waals surface area contributed by atoms with Crippen LogP contribution >= 0.6 is 0 Å². The van der Waals surface area contributed by atoms with Gasteiger partial charge in [0.2, 0.25) is 27.7 Å². The quantitative estimate of drug-likeness (QED) is 0.288. The molecular weight excluding hydrogens is 749 g/mol. The average Bonchev–Trinajstić information content (AvgIpc) is 4.08. The fourth-order valence-electron chi connectivity index (χ4n) is 9.70. The largest absolute Gasteiger partial charge is 0.497 e. The van der Waals surface area contributed by atoms with E-state index in [0.29, 0.717) is 60.5 Å². The minimum Gasteiger partial charge on any atom is -0.497 e. The molecule has 308 valence electrons. The van der Waals surface area contributed by atoms with Crippen molar-refractivity contribution >= 4 is 44.6 Å². The first-order valence-electron chi connectivity index (χ1n) is 21.3. The van der Waals surface area contributed by atoms with Crippen LogP contribution in [0, 0.1) is 23.2 Å². The molecule has 3 aliphatic carbocycles. The number of esters is 1. The predicted molar refractivity (Wildman–Crippen MR) is 211 cm³/mol. The lowest BCUT2D eigenvalue weighted by molar-refractivity contribution is -0.155. The number of ether oxygens (including phenoxy) is 3. The number of carbonyl (C=O) groups is 4. The Morgan fingerprint density at radius 3 is 2.56 bits per heavy atom. The van der Waals surface area contributed by atoms with E-state index in [1.54, 1.807) is 18.1 Å². The van der Waals surface area contributed by atoms with Gasteiger partial charge in [-0.05, 0) is 101 Å². The number of amides is 2. The highest BCUT2D eigenvalue weighted by atomic mass is 32.2. The molecule has 1 aromatic carbocycles. The standard InChI is InChI=1S/C43H56N4O9S/c1-54-30-17-20-33-35(22-30)45-40-34(44-33)15-9-5-7-11-27-13-10-16-38(27)56-39(49)21-28-12-6-3-2-4-8-14-29-24-43(29,42(51)46-57(52,53)32-18-19-32)25-37(48)36-23-31(55-40)26-47(36)41(28)50/h8,14,17,20,22,27-29,31-32,36,38H,2-7,9-13,15-16,18-19,21,23-26H2,1H3,(H,46,51)/t27-,28-,29-,31-,36+,38-,43-/m1/s1. The smallest absolute Gasteiger partial charge is 0.306 e. The molecule has 6 aliphatic rings. The van der Waals surface area contributed by atoms with E-state index in [4.69, 9.17) is 24.2 Å². The van der Waals surface area contributed by atoms with E-state index in [1.165, 1.54) is 0 Å². The Morgan fingerprint density at radius 1 is 0.930 bits per heavy atom. The number of Topliss-reactive ketones (excluding diaryl/α,β-unsaturated/α-hetero) is 1. The summed E-state index contributed by atoms with van der Waals surface area (Å²) >= 11 is 0. The number of allylic oxidation sites excluding steroid dienone is 2. The van der Waals surface area contributed by atoms with E-state index in [9.17, 15) is 27.6 Å². The van der Waals surface area contributed by atoms with Gasteiger partial charge in [-0.2, -0.15) is 0 Å². The molecule has 1 N–H and O–H groups in total. The lowest BCUT2D eigenvalue weighted by Crippen LogP contribution is -2.46. The molecule has 13 nitrogen and oxygen atoms in total. The summed E-state index contributed by atoms with van der Waals surface area (Å²) in [4.78, 5) is 68.4. The van der Waals surface area contributed by atoms with Crippen molar-refractivity contribution in [1.82, 2.24) is 19.6 Å². The first-order valence-corrected chi connectivity index (χ1v) is 22.8. The van der Waals surface area contributed by atoms with Crippen LogP contribution in [-0.2, 0) is 40.4 Å². The first kappa shape index (κ1) is 39.7. The molecule has 14 heteroatoms. The van der Waals surface area contributed by atoms with Crippen LogP contribution in [0.1, 0.15) is 121 Å². The molecule has 2 amide bonds. The van der Waals surface area contributed by atoms with E-state index in [1.807, 2.05) is 24.3 Å². The van der Waals surface area contributed by atoms with E-state index >= 15 is 0 Å². The zero-order chi connectivity index (χ0) is 39.7. The van der Waals surface area contributed by atoms with Gasteiger partial charge in [-0.3, -0.25) is 23.9 Å². The molecule has 3 aliphatic heterocycles. The first-order chi connectivity index (χ1) is 27.5. The van der Waals surface area contributed by atoms with Crippen LogP contribution in [0.4, 0.5) is 0 Å². The number of benzene rings is 1. The van der Waals surface area contributed by atoms with Crippen molar-refractivity contribution in [3.63, 3.8) is 0 Å². The number of fused-ring (bicyclic) bond motifs is 6. The average molecular weight is 805 g/mol. The number of aryl methyl sites for hydroxylation is 1. The Balaban J connectivity index is 1.14. The van der Waals surface area contributed by atoms with Gasteiger partial charge in [-0.1, -0.05) is 37.8 Å². The van der Waals surface area contributed by atoms with E-state index in [2.05, 4.69) is 4.72 Å². The number of ketones is 1. The Morgan fingerprint density at radius 2 is 1.74 bits per heavy atom. The van der Waals surface area contributed by atoms with E-state index in [0.717, 1.165) is 70.6 Å². The molecular formula is C43H56N4O9S. The molecule has 1 saturated heterocycles. The van der Waals surface area contributed by atoms with Gasteiger partial charge in [-0.15, -0.1) is 0 Å². The Labute approximate surface area is 335 Å². The number of nitrogens with zero attached hydrogens (tertiary/aromatic N) is 3. The summed E-state index contributed by atoms with van der Waals surface area (Å²) in [5.74, 6) is -1.36. The van der Waals surface area contributed by atoms with Crippen LogP contribution in [0.5, 0.6) is 11.6 Å². The maximum Gasteiger partial charge on any atom is 0.306 e. The summed E-state index contributed by atoms with van der Waals surface area (Å²) in [5, 5.41) is -0.588.